The van der Waals surface area contributed by atoms with Gasteiger partial charge in [0.1, 0.15) is 0 Å². The number of rotatable bonds is 6. The number of non-ortho nitro benzene ring substituents is 1. The lowest BCUT2D eigenvalue weighted by molar-refractivity contribution is -0.384. The monoisotopic (exact) mass is 356 g/mol. The molecule has 0 aliphatic carbocycles. The Morgan fingerprint density at radius 1 is 1.12 bits per heavy atom. The predicted octanol–water partition coefficient (Wildman–Crippen LogP) is 3.52. The summed E-state index contributed by atoms with van der Waals surface area (Å²) in [6, 6.07) is 14.9. The van der Waals surface area contributed by atoms with Gasteiger partial charge in [0, 0.05) is 22.6 Å². The van der Waals surface area contributed by atoms with Gasteiger partial charge in [-0.1, -0.05) is 23.3 Å². The van der Waals surface area contributed by atoms with Crippen LogP contribution < -0.4 is 5.32 Å². The second kappa shape index (κ2) is 7.58. The molecule has 8 nitrogen and oxygen atoms in total. The lowest BCUT2D eigenvalue weighted by atomic mass is 10.2. The minimum absolute atomic E-state index is 0.0213. The van der Waals surface area contributed by atoms with Crippen molar-refractivity contribution in [2.75, 3.05) is 5.32 Å². The first-order valence-electron chi connectivity index (χ1n) is 7.18. The van der Waals surface area contributed by atoms with Gasteiger partial charge in [-0.2, -0.15) is 0 Å². The number of anilines is 1. The summed E-state index contributed by atoms with van der Waals surface area (Å²) in [5.41, 5.74) is 0.165. The van der Waals surface area contributed by atoms with Gasteiger partial charge in [-0.15, -0.1) is 16.9 Å². The lowest BCUT2D eigenvalue weighted by Gasteiger charge is -2.00. The Labute approximate surface area is 146 Å². The molecular weight excluding hydrogens is 344 g/mol. The van der Waals surface area contributed by atoms with Crippen LogP contribution in [-0.4, -0.2) is 21.0 Å². The fraction of sp³-hybridized carbons (Fsp3) is 0.0625. The summed E-state index contributed by atoms with van der Waals surface area (Å²) >= 11 is 1.53. The second-order valence-corrected chi connectivity index (χ2v) is 5.91. The maximum atomic E-state index is 12.1. The molecule has 1 N–H and O–H groups in total. The molecule has 126 valence electrons. The Kier molecular flexibility index (Phi) is 5.05. The number of carbonyl (C=O) groups excluding carboxylic acids is 1. The summed E-state index contributed by atoms with van der Waals surface area (Å²) in [6.45, 7) is 0. The quantitative estimate of drug-likeness (QED) is 0.408. The van der Waals surface area contributed by atoms with Gasteiger partial charge < -0.3 is 4.42 Å². The Hall–Kier alpha value is -3.20. The predicted molar refractivity (Wildman–Crippen MR) is 91.4 cm³/mol. The van der Waals surface area contributed by atoms with Gasteiger partial charge in [0.25, 0.3) is 11.6 Å². The highest BCUT2D eigenvalue weighted by Crippen LogP contribution is 2.22. The fourth-order valence-corrected chi connectivity index (χ4v) is 2.68. The van der Waals surface area contributed by atoms with Gasteiger partial charge in [0.15, 0.2) is 0 Å². The van der Waals surface area contributed by atoms with Crippen LogP contribution in [0.25, 0.3) is 0 Å². The molecule has 0 bridgehead atoms. The van der Waals surface area contributed by atoms with Crippen molar-refractivity contribution in [2.45, 2.75) is 10.6 Å². The molecular formula is C16H12N4O4S. The van der Waals surface area contributed by atoms with Crippen molar-refractivity contribution in [1.82, 2.24) is 10.2 Å². The largest absolute Gasteiger partial charge is 0.407 e. The Balaban J connectivity index is 1.58. The Morgan fingerprint density at radius 2 is 1.84 bits per heavy atom. The summed E-state index contributed by atoms with van der Waals surface area (Å²) in [7, 11) is 0. The van der Waals surface area contributed by atoms with Gasteiger partial charge in [-0.3, -0.25) is 20.2 Å². The van der Waals surface area contributed by atoms with Crippen LogP contribution in [0.5, 0.6) is 0 Å². The number of hydrogen-bond donors (Lipinski definition) is 1. The summed E-state index contributed by atoms with van der Waals surface area (Å²) in [5, 5.41) is 20.7. The van der Waals surface area contributed by atoms with E-state index in [9.17, 15) is 14.9 Å². The van der Waals surface area contributed by atoms with Crippen molar-refractivity contribution >= 4 is 29.4 Å². The van der Waals surface area contributed by atoms with Gasteiger partial charge in [0.05, 0.1) is 10.7 Å². The smallest absolute Gasteiger partial charge is 0.322 e. The standard InChI is InChI=1S/C16H12N4O4S/c21-15(11-6-8-12(9-7-11)20(22)23)17-16-19-18-14(24-16)10-25-13-4-2-1-3-5-13/h1-9H,10H2,(H,17,19,21). The third-order valence-electron chi connectivity index (χ3n) is 3.13. The van der Waals surface area contributed by atoms with Crippen LogP contribution in [0.15, 0.2) is 63.9 Å². The van der Waals surface area contributed by atoms with Crippen molar-refractivity contribution in [3.8, 4) is 0 Å². The molecule has 0 fully saturated rings. The van der Waals surface area contributed by atoms with Crippen molar-refractivity contribution in [3.05, 3.63) is 76.2 Å². The van der Waals surface area contributed by atoms with Gasteiger partial charge >= 0.3 is 6.01 Å². The second-order valence-electron chi connectivity index (χ2n) is 4.86. The number of hydrogen-bond acceptors (Lipinski definition) is 7. The van der Waals surface area contributed by atoms with Gasteiger partial charge in [0.2, 0.25) is 5.89 Å². The van der Waals surface area contributed by atoms with E-state index in [1.807, 2.05) is 30.3 Å². The van der Waals surface area contributed by atoms with Crippen LogP contribution >= 0.6 is 11.8 Å². The molecule has 0 saturated carbocycles. The first-order chi connectivity index (χ1) is 12.1. The Morgan fingerprint density at radius 3 is 2.52 bits per heavy atom. The van der Waals surface area contributed by atoms with E-state index in [1.165, 1.54) is 36.0 Å². The minimum Gasteiger partial charge on any atom is -0.407 e. The summed E-state index contributed by atoms with van der Waals surface area (Å²) < 4.78 is 5.38. The van der Waals surface area contributed by atoms with Gasteiger partial charge in [-0.05, 0) is 24.3 Å². The average Bonchev–Trinajstić information content (AvgIpc) is 3.08. The molecule has 3 aromatic rings. The van der Waals surface area contributed by atoms with Crippen molar-refractivity contribution < 1.29 is 14.1 Å². The Bertz CT molecular complexity index is 881. The van der Waals surface area contributed by atoms with E-state index in [-0.39, 0.29) is 17.3 Å². The molecule has 1 amide bonds. The highest BCUT2D eigenvalue weighted by Gasteiger charge is 2.13. The fourth-order valence-electron chi connectivity index (χ4n) is 1.93. The SMILES string of the molecule is O=C(Nc1nnc(CSc2ccccc2)o1)c1ccc([N+](=O)[O-])cc1. The maximum Gasteiger partial charge on any atom is 0.322 e. The number of carbonyl (C=O) groups is 1. The number of nitro benzene ring substituents is 1. The zero-order chi connectivity index (χ0) is 17.6. The summed E-state index contributed by atoms with van der Waals surface area (Å²) in [5.74, 6) is 0.374. The van der Waals surface area contributed by atoms with E-state index < -0.39 is 10.8 Å². The number of benzene rings is 2. The minimum atomic E-state index is -0.531. The molecule has 0 saturated heterocycles. The zero-order valence-corrected chi connectivity index (χ0v) is 13.6. The number of nitrogens with zero attached hydrogens (tertiary/aromatic N) is 3. The first-order valence-corrected chi connectivity index (χ1v) is 8.16. The maximum absolute atomic E-state index is 12.1. The number of nitro groups is 1. The molecule has 0 aliphatic rings. The van der Waals surface area contributed by atoms with E-state index in [2.05, 4.69) is 15.5 Å². The normalized spacial score (nSPS) is 10.4. The lowest BCUT2D eigenvalue weighted by Crippen LogP contribution is -2.12. The molecule has 9 heteroatoms. The van der Waals surface area contributed by atoms with Crippen LogP contribution in [0.3, 0.4) is 0 Å². The molecule has 1 aromatic heterocycles. The highest BCUT2D eigenvalue weighted by atomic mass is 32.2. The number of thioether (sulfide) groups is 1. The first kappa shape index (κ1) is 16.7. The molecule has 25 heavy (non-hydrogen) atoms. The zero-order valence-electron chi connectivity index (χ0n) is 12.8. The molecule has 1 heterocycles. The third kappa shape index (κ3) is 4.42. The number of nitrogens with one attached hydrogen (secondary N) is 1. The molecule has 0 spiro atoms. The van der Waals surface area contributed by atoms with Crippen LogP contribution in [-0.2, 0) is 5.75 Å². The van der Waals surface area contributed by atoms with Crippen LogP contribution in [0.4, 0.5) is 11.7 Å². The molecule has 0 radical (unpaired) electrons. The van der Waals surface area contributed by atoms with Crippen molar-refractivity contribution in [1.29, 1.82) is 0 Å². The van der Waals surface area contributed by atoms with Crippen LogP contribution in [0, 0.1) is 10.1 Å². The van der Waals surface area contributed by atoms with Crippen LogP contribution in [0.2, 0.25) is 0 Å². The molecule has 2 aromatic carbocycles. The van der Waals surface area contributed by atoms with Crippen molar-refractivity contribution in [3.63, 3.8) is 0 Å². The molecule has 0 aliphatic heterocycles. The molecule has 0 atom stereocenters. The van der Waals surface area contributed by atoms with E-state index in [1.54, 1.807) is 0 Å². The summed E-state index contributed by atoms with van der Waals surface area (Å²) in [6.07, 6.45) is 0. The van der Waals surface area contributed by atoms with Crippen LogP contribution in [0.1, 0.15) is 16.2 Å². The van der Waals surface area contributed by atoms with E-state index in [4.69, 9.17) is 4.42 Å². The molecule has 0 unspecified atom stereocenters. The number of amides is 1. The molecule has 3 rings (SSSR count). The van der Waals surface area contributed by atoms with E-state index in [0.717, 1.165) is 4.90 Å². The highest BCUT2D eigenvalue weighted by molar-refractivity contribution is 7.98. The van der Waals surface area contributed by atoms with E-state index in [0.29, 0.717) is 11.6 Å². The topological polar surface area (TPSA) is 111 Å². The van der Waals surface area contributed by atoms with Gasteiger partial charge in [-0.25, -0.2) is 0 Å². The third-order valence-corrected chi connectivity index (χ3v) is 4.13. The average molecular weight is 356 g/mol. The van der Waals surface area contributed by atoms with E-state index >= 15 is 0 Å². The van der Waals surface area contributed by atoms with Crippen molar-refractivity contribution in [2.24, 2.45) is 0 Å². The number of aromatic nitrogens is 2. The summed E-state index contributed by atoms with van der Waals surface area (Å²) in [4.78, 5) is 23.2.